The third-order valence-corrected chi connectivity index (χ3v) is 6.79. The number of anilines is 1. The summed E-state index contributed by atoms with van der Waals surface area (Å²) in [5, 5.41) is 2.86. The number of thiazole rings is 1. The smallest absolute Gasteiger partial charge is 0.258 e. The van der Waals surface area contributed by atoms with Crippen LogP contribution in [-0.2, 0) is 9.84 Å². The molecule has 6 nitrogen and oxygen atoms in total. The van der Waals surface area contributed by atoms with Gasteiger partial charge in [-0.2, -0.15) is 0 Å². The van der Waals surface area contributed by atoms with Crippen molar-refractivity contribution in [1.82, 2.24) is 4.98 Å². The van der Waals surface area contributed by atoms with Gasteiger partial charge >= 0.3 is 0 Å². The van der Waals surface area contributed by atoms with Crippen LogP contribution in [0.2, 0.25) is 0 Å². The van der Waals surface area contributed by atoms with Crippen LogP contribution in [0.1, 0.15) is 25.6 Å². The molecule has 1 heterocycles. The molecule has 0 radical (unpaired) electrons. The highest BCUT2D eigenvalue weighted by atomic mass is 32.2. The molecule has 0 aliphatic heterocycles. The van der Waals surface area contributed by atoms with Gasteiger partial charge in [0.15, 0.2) is 15.0 Å². The summed E-state index contributed by atoms with van der Waals surface area (Å²) in [5.41, 5.74) is 1.72. The predicted molar refractivity (Wildman–Crippen MR) is 125 cm³/mol. The van der Waals surface area contributed by atoms with Crippen molar-refractivity contribution in [3.63, 3.8) is 0 Å². The Morgan fingerprint density at radius 2 is 1.44 bits per heavy atom. The van der Waals surface area contributed by atoms with Crippen molar-refractivity contribution in [2.75, 3.05) is 11.6 Å². The van der Waals surface area contributed by atoms with Crippen LogP contribution >= 0.6 is 11.3 Å². The number of hydrogen-bond donors (Lipinski definition) is 1. The molecule has 0 aliphatic carbocycles. The second kappa shape index (κ2) is 8.86. The first-order valence-electron chi connectivity index (χ1n) is 9.61. The van der Waals surface area contributed by atoms with Gasteiger partial charge in [-0.25, -0.2) is 13.4 Å². The van der Waals surface area contributed by atoms with Crippen LogP contribution in [-0.4, -0.2) is 31.3 Å². The Kier molecular flexibility index (Phi) is 5.98. The van der Waals surface area contributed by atoms with E-state index in [0.29, 0.717) is 16.1 Å². The van der Waals surface area contributed by atoms with Crippen LogP contribution in [0.4, 0.5) is 5.13 Å². The number of amides is 1. The molecule has 0 bridgehead atoms. The number of carbonyl (C=O) groups is 2. The van der Waals surface area contributed by atoms with Crippen LogP contribution in [0.5, 0.6) is 0 Å². The van der Waals surface area contributed by atoms with E-state index in [9.17, 15) is 18.0 Å². The van der Waals surface area contributed by atoms with Gasteiger partial charge in [0.05, 0.1) is 16.2 Å². The Bertz CT molecular complexity index is 1400. The number of rotatable bonds is 6. The summed E-state index contributed by atoms with van der Waals surface area (Å²) in [4.78, 5) is 30.9. The number of carbonyl (C=O) groups excluding carboxylic acids is 2. The van der Waals surface area contributed by atoms with Crippen molar-refractivity contribution >= 4 is 38.0 Å². The number of hydrogen-bond acceptors (Lipinski definition) is 6. The minimum Gasteiger partial charge on any atom is -0.298 e. The molecule has 3 aromatic carbocycles. The van der Waals surface area contributed by atoms with Crippen molar-refractivity contribution in [2.45, 2.75) is 4.90 Å². The van der Waals surface area contributed by atoms with Crippen molar-refractivity contribution in [1.29, 1.82) is 0 Å². The Morgan fingerprint density at radius 1 is 0.844 bits per heavy atom. The molecule has 32 heavy (non-hydrogen) atoms. The maximum Gasteiger partial charge on any atom is 0.258 e. The van der Waals surface area contributed by atoms with Gasteiger partial charge in [-0.15, -0.1) is 0 Å². The molecular formula is C24H18N2O4S2. The van der Waals surface area contributed by atoms with Gasteiger partial charge in [0.1, 0.15) is 4.88 Å². The van der Waals surface area contributed by atoms with Gasteiger partial charge in [-0.1, -0.05) is 84.1 Å². The molecule has 0 fully saturated rings. The largest absolute Gasteiger partial charge is 0.298 e. The number of ketones is 1. The van der Waals surface area contributed by atoms with Crippen molar-refractivity contribution in [3.05, 3.63) is 101 Å². The molecule has 4 rings (SSSR count). The predicted octanol–water partition coefficient (Wildman–Crippen LogP) is 4.70. The molecule has 0 saturated carbocycles. The van der Waals surface area contributed by atoms with Crippen LogP contribution in [0, 0.1) is 0 Å². The molecule has 4 aromatic rings. The molecule has 0 aliphatic rings. The second-order valence-electron chi connectivity index (χ2n) is 6.98. The summed E-state index contributed by atoms with van der Waals surface area (Å²) in [5.74, 6) is -0.822. The van der Waals surface area contributed by atoms with E-state index in [1.807, 2.05) is 36.4 Å². The lowest BCUT2D eigenvalue weighted by Gasteiger charge is -2.06. The first-order chi connectivity index (χ1) is 15.3. The van der Waals surface area contributed by atoms with Crippen molar-refractivity contribution < 1.29 is 18.0 Å². The van der Waals surface area contributed by atoms with Crippen LogP contribution in [0.15, 0.2) is 89.8 Å². The van der Waals surface area contributed by atoms with E-state index in [4.69, 9.17) is 0 Å². The third kappa shape index (κ3) is 4.51. The molecule has 0 spiro atoms. The zero-order chi connectivity index (χ0) is 22.7. The van der Waals surface area contributed by atoms with Gasteiger partial charge < -0.3 is 0 Å². The highest BCUT2D eigenvalue weighted by Gasteiger charge is 2.23. The average Bonchev–Trinajstić information content (AvgIpc) is 3.23. The lowest BCUT2D eigenvalue weighted by atomic mass is 10.1. The quantitative estimate of drug-likeness (QED) is 0.419. The molecule has 1 amide bonds. The standard InChI is InChI=1S/C24H18N2O4S2/c1-32(29,30)19-15-9-8-14-18(19)23(28)26-24-25-20(16-10-4-2-5-11-16)22(31-24)21(27)17-12-6-3-7-13-17/h2-15H,1H3,(H,25,26,28). The number of nitrogens with zero attached hydrogens (tertiary/aromatic N) is 1. The topological polar surface area (TPSA) is 93.2 Å². The normalized spacial score (nSPS) is 11.2. The number of nitrogens with one attached hydrogen (secondary N) is 1. The van der Waals surface area contributed by atoms with Gasteiger partial charge in [-0.05, 0) is 12.1 Å². The average molecular weight is 463 g/mol. The summed E-state index contributed by atoms with van der Waals surface area (Å²) in [6, 6.07) is 24.0. The third-order valence-electron chi connectivity index (χ3n) is 4.67. The van der Waals surface area contributed by atoms with Crippen LogP contribution in [0.3, 0.4) is 0 Å². The molecule has 0 atom stereocenters. The highest BCUT2D eigenvalue weighted by Crippen LogP contribution is 2.33. The van der Waals surface area contributed by atoms with E-state index in [1.54, 1.807) is 36.4 Å². The lowest BCUT2D eigenvalue weighted by Crippen LogP contribution is -2.15. The molecule has 8 heteroatoms. The van der Waals surface area contributed by atoms with Crippen LogP contribution in [0.25, 0.3) is 11.3 Å². The number of aromatic nitrogens is 1. The summed E-state index contributed by atoms with van der Waals surface area (Å²) < 4.78 is 24.1. The summed E-state index contributed by atoms with van der Waals surface area (Å²) >= 11 is 1.05. The molecule has 1 N–H and O–H groups in total. The zero-order valence-electron chi connectivity index (χ0n) is 17.0. The Hall–Kier alpha value is -3.62. The number of sulfone groups is 1. The van der Waals surface area contributed by atoms with E-state index in [-0.39, 0.29) is 21.4 Å². The first-order valence-corrected chi connectivity index (χ1v) is 12.3. The maximum absolute atomic E-state index is 13.2. The Labute approximate surface area is 189 Å². The van der Waals surface area contributed by atoms with E-state index in [1.165, 1.54) is 12.1 Å². The number of benzene rings is 3. The van der Waals surface area contributed by atoms with Crippen molar-refractivity contribution in [2.24, 2.45) is 0 Å². The molecule has 1 aromatic heterocycles. The fourth-order valence-electron chi connectivity index (χ4n) is 3.18. The minimum absolute atomic E-state index is 0.0161. The molecule has 160 valence electrons. The molecule has 0 saturated heterocycles. The van der Waals surface area contributed by atoms with Gasteiger partial charge in [0.25, 0.3) is 5.91 Å². The van der Waals surface area contributed by atoms with Gasteiger partial charge in [-0.3, -0.25) is 14.9 Å². The monoisotopic (exact) mass is 462 g/mol. The van der Waals surface area contributed by atoms with Crippen LogP contribution < -0.4 is 5.32 Å². The van der Waals surface area contributed by atoms with E-state index < -0.39 is 15.7 Å². The zero-order valence-corrected chi connectivity index (χ0v) is 18.6. The lowest BCUT2D eigenvalue weighted by molar-refractivity contribution is 0.102. The first kappa shape index (κ1) is 21.6. The Balaban J connectivity index is 1.74. The van der Waals surface area contributed by atoms with Gasteiger partial charge in [0, 0.05) is 17.4 Å². The van der Waals surface area contributed by atoms with Crippen molar-refractivity contribution in [3.8, 4) is 11.3 Å². The minimum atomic E-state index is -3.60. The fourth-order valence-corrected chi connectivity index (χ4v) is 5.01. The summed E-state index contributed by atoms with van der Waals surface area (Å²) in [6.45, 7) is 0. The molecule has 0 unspecified atom stereocenters. The van der Waals surface area contributed by atoms with E-state index in [2.05, 4.69) is 10.3 Å². The van der Waals surface area contributed by atoms with E-state index in [0.717, 1.165) is 23.2 Å². The summed E-state index contributed by atoms with van der Waals surface area (Å²) in [6.07, 6.45) is 1.05. The Morgan fingerprint density at radius 3 is 2.09 bits per heavy atom. The van der Waals surface area contributed by atoms with Gasteiger partial charge in [0.2, 0.25) is 5.78 Å². The van der Waals surface area contributed by atoms with E-state index >= 15 is 0 Å². The highest BCUT2D eigenvalue weighted by molar-refractivity contribution is 7.90. The fraction of sp³-hybridized carbons (Fsp3) is 0.0417. The summed E-state index contributed by atoms with van der Waals surface area (Å²) in [7, 11) is -3.60. The SMILES string of the molecule is CS(=O)(=O)c1ccccc1C(=O)Nc1nc(-c2ccccc2)c(C(=O)c2ccccc2)s1. The second-order valence-corrected chi connectivity index (χ2v) is 9.96. The maximum atomic E-state index is 13.2. The molecular weight excluding hydrogens is 444 g/mol.